The Morgan fingerprint density at radius 2 is 1.74 bits per heavy atom. The van der Waals surface area contributed by atoms with E-state index in [1.165, 1.54) is 8.61 Å². The zero-order valence-electron chi connectivity index (χ0n) is 14.6. The van der Waals surface area contributed by atoms with Gasteiger partial charge in [-0.1, -0.05) is 0 Å². The molecule has 0 aromatic heterocycles. The highest BCUT2D eigenvalue weighted by Gasteiger charge is 2.44. The van der Waals surface area contributed by atoms with Crippen LogP contribution >= 0.6 is 0 Å². The topological polar surface area (TPSA) is 76.2 Å². The maximum atomic E-state index is 12.9. The number of hydrogen-bond acceptors (Lipinski definition) is 5. The molecule has 0 aromatic carbocycles. The highest BCUT2D eigenvalue weighted by molar-refractivity contribution is 7.86. The van der Waals surface area contributed by atoms with Gasteiger partial charge in [0.25, 0.3) is 10.2 Å². The normalized spacial score (nSPS) is 31.3. The van der Waals surface area contributed by atoms with Gasteiger partial charge in [0.05, 0.1) is 12.2 Å². The van der Waals surface area contributed by atoms with Gasteiger partial charge in [0.2, 0.25) is 0 Å². The van der Waals surface area contributed by atoms with Crippen LogP contribution in [-0.4, -0.2) is 66.5 Å². The van der Waals surface area contributed by atoms with Crippen molar-refractivity contribution in [2.24, 2.45) is 0 Å². The maximum Gasteiger partial charge on any atom is 0.325 e. The number of rotatable bonds is 3. The van der Waals surface area contributed by atoms with E-state index in [2.05, 4.69) is 0 Å². The summed E-state index contributed by atoms with van der Waals surface area (Å²) in [4.78, 5) is 12.4. The molecule has 0 amide bonds. The van der Waals surface area contributed by atoms with Gasteiger partial charge in [0.15, 0.2) is 0 Å². The van der Waals surface area contributed by atoms with Crippen LogP contribution in [0.25, 0.3) is 0 Å². The van der Waals surface area contributed by atoms with E-state index < -0.39 is 27.8 Å². The highest BCUT2D eigenvalue weighted by Crippen LogP contribution is 2.27. The monoisotopic (exact) mass is 348 g/mol. The number of carbonyl (C=O) groups is 1. The molecule has 7 nitrogen and oxygen atoms in total. The number of hydrogen-bond donors (Lipinski definition) is 0. The molecular formula is C15H28N2O5S. The van der Waals surface area contributed by atoms with Gasteiger partial charge in [-0.15, -0.1) is 0 Å². The second kappa shape index (κ2) is 6.66. The molecule has 0 spiro atoms. The first-order valence-electron chi connectivity index (χ1n) is 8.16. The molecule has 8 heteroatoms. The zero-order chi connectivity index (χ0) is 17.4. The Hall–Kier alpha value is -0.700. The van der Waals surface area contributed by atoms with E-state index in [9.17, 15) is 13.2 Å². The summed E-state index contributed by atoms with van der Waals surface area (Å²) in [6.45, 7) is 10.0. The Morgan fingerprint density at radius 3 is 2.26 bits per heavy atom. The smallest absolute Gasteiger partial charge is 0.325 e. The van der Waals surface area contributed by atoms with Crippen molar-refractivity contribution in [3.8, 4) is 0 Å². The minimum absolute atomic E-state index is 0.156. The summed E-state index contributed by atoms with van der Waals surface area (Å²) in [7, 11) is -3.69. The van der Waals surface area contributed by atoms with Crippen molar-refractivity contribution in [1.29, 1.82) is 0 Å². The minimum atomic E-state index is -3.69. The van der Waals surface area contributed by atoms with Crippen LogP contribution in [0, 0.1) is 0 Å². The third kappa shape index (κ3) is 4.43. The fourth-order valence-corrected chi connectivity index (χ4v) is 5.06. The Morgan fingerprint density at radius 1 is 1.17 bits per heavy atom. The minimum Gasteiger partial charge on any atom is -0.459 e. The molecule has 2 heterocycles. The van der Waals surface area contributed by atoms with E-state index in [4.69, 9.17) is 9.47 Å². The van der Waals surface area contributed by atoms with E-state index in [0.717, 1.165) is 0 Å². The van der Waals surface area contributed by atoms with Crippen LogP contribution in [0.4, 0.5) is 0 Å². The maximum absolute atomic E-state index is 12.9. The van der Waals surface area contributed by atoms with Crippen LogP contribution in [0.3, 0.4) is 0 Å². The molecule has 2 aliphatic rings. The summed E-state index contributed by atoms with van der Waals surface area (Å²) in [5, 5.41) is 0. The molecule has 134 valence electrons. The second-order valence-electron chi connectivity index (χ2n) is 7.38. The highest BCUT2D eigenvalue weighted by atomic mass is 32.2. The van der Waals surface area contributed by atoms with E-state index in [1.807, 2.05) is 13.8 Å². The summed E-state index contributed by atoms with van der Waals surface area (Å²) in [6.07, 6.45) is 0.856. The lowest BCUT2D eigenvalue weighted by Crippen LogP contribution is -2.55. The summed E-state index contributed by atoms with van der Waals surface area (Å²) >= 11 is 0. The van der Waals surface area contributed by atoms with Gasteiger partial charge < -0.3 is 9.47 Å². The average molecular weight is 348 g/mol. The molecule has 0 radical (unpaired) electrons. The molecular weight excluding hydrogens is 320 g/mol. The molecule has 2 fully saturated rings. The predicted octanol–water partition coefficient (Wildman–Crippen LogP) is 1.15. The fraction of sp³-hybridized carbons (Fsp3) is 0.933. The van der Waals surface area contributed by atoms with E-state index in [-0.39, 0.29) is 12.2 Å². The molecule has 0 aromatic rings. The number of morpholine rings is 1. The lowest BCUT2D eigenvalue weighted by molar-refractivity contribution is -0.158. The van der Waals surface area contributed by atoms with E-state index in [1.54, 1.807) is 20.8 Å². The molecule has 0 unspecified atom stereocenters. The Labute approximate surface area is 139 Å². The molecule has 2 rings (SSSR count). The quantitative estimate of drug-likeness (QED) is 0.715. The number of esters is 1. The molecule has 23 heavy (non-hydrogen) atoms. The Kier molecular flexibility index (Phi) is 5.40. The summed E-state index contributed by atoms with van der Waals surface area (Å²) in [5.74, 6) is -0.465. The number of nitrogens with zero attached hydrogens (tertiary/aromatic N) is 2. The molecule has 2 aliphatic heterocycles. The third-order valence-corrected chi connectivity index (χ3v) is 5.87. The second-order valence-corrected chi connectivity index (χ2v) is 9.27. The molecule has 0 aliphatic carbocycles. The van der Waals surface area contributed by atoms with Crippen molar-refractivity contribution in [1.82, 2.24) is 8.61 Å². The Balaban J connectivity index is 2.16. The van der Waals surface area contributed by atoms with Crippen LogP contribution in [0.15, 0.2) is 0 Å². The molecule has 3 atom stereocenters. The molecule has 0 saturated carbocycles. The van der Waals surface area contributed by atoms with E-state index in [0.29, 0.717) is 32.5 Å². The van der Waals surface area contributed by atoms with Crippen LogP contribution in [0.2, 0.25) is 0 Å². The van der Waals surface area contributed by atoms with Crippen molar-refractivity contribution in [3.05, 3.63) is 0 Å². The van der Waals surface area contributed by atoms with Gasteiger partial charge in [0.1, 0.15) is 11.6 Å². The molecule has 0 bridgehead atoms. The standard InChI is InChI=1S/C15H28N2O5S/c1-11-9-16(10-12(2)21-11)23(19,20)17-8-6-7-13(17)14(18)22-15(3,4)5/h11-13H,6-10H2,1-5H3/t11-,12-,13-/m1/s1. The predicted molar refractivity (Wildman–Crippen MR) is 86.1 cm³/mol. The summed E-state index contributed by atoms with van der Waals surface area (Å²) in [6, 6.07) is -0.729. The average Bonchev–Trinajstić information content (AvgIpc) is 2.85. The van der Waals surface area contributed by atoms with Gasteiger partial charge in [-0.2, -0.15) is 17.0 Å². The van der Waals surface area contributed by atoms with Gasteiger partial charge in [0, 0.05) is 19.6 Å². The van der Waals surface area contributed by atoms with Crippen LogP contribution < -0.4 is 0 Å². The lowest BCUT2D eigenvalue weighted by Gasteiger charge is -2.37. The van der Waals surface area contributed by atoms with Crippen LogP contribution in [0.1, 0.15) is 47.5 Å². The van der Waals surface area contributed by atoms with Crippen LogP contribution in [0.5, 0.6) is 0 Å². The first-order valence-corrected chi connectivity index (χ1v) is 9.55. The Bertz CT molecular complexity index is 533. The largest absolute Gasteiger partial charge is 0.459 e. The van der Waals surface area contributed by atoms with Crippen molar-refractivity contribution in [2.75, 3.05) is 19.6 Å². The van der Waals surface area contributed by atoms with Crippen molar-refractivity contribution in [2.45, 2.75) is 71.3 Å². The van der Waals surface area contributed by atoms with Crippen LogP contribution in [-0.2, 0) is 24.5 Å². The summed E-state index contributed by atoms with van der Waals surface area (Å²) in [5.41, 5.74) is -0.628. The zero-order valence-corrected chi connectivity index (χ0v) is 15.4. The van der Waals surface area contributed by atoms with Crippen molar-refractivity contribution >= 4 is 16.2 Å². The first kappa shape index (κ1) is 18.6. The fourth-order valence-electron chi connectivity index (χ4n) is 3.09. The number of carbonyl (C=O) groups excluding carboxylic acids is 1. The molecule has 2 saturated heterocycles. The van der Waals surface area contributed by atoms with Gasteiger partial charge in [-0.25, -0.2) is 0 Å². The summed E-state index contributed by atoms with van der Waals surface area (Å²) < 4.78 is 39.6. The van der Waals surface area contributed by atoms with E-state index >= 15 is 0 Å². The van der Waals surface area contributed by atoms with Gasteiger partial charge in [-0.3, -0.25) is 4.79 Å². The van der Waals surface area contributed by atoms with Crippen molar-refractivity contribution < 1.29 is 22.7 Å². The third-order valence-electron chi connectivity index (χ3n) is 3.89. The van der Waals surface area contributed by atoms with Crippen molar-refractivity contribution in [3.63, 3.8) is 0 Å². The number of ether oxygens (including phenoxy) is 2. The molecule has 0 N–H and O–H groups in total. The first-order chi connectivity index (χ1) is 10.5. The lowest BCUT2D eigenvalue weighted by atomic mass is 10.2. The SMILES string of the molecule is C[C@@H]1CN(S(=O)(=O)N2CCC[C@@H]2C(=O)OC(C)(C)C)C[C@@H](C)O1. The van der Waals surface area contributed by atoms with Gasteiger partial charge >= 0.3 is 5.97 Å². The van der Waals surface area contributed by atoms with Gasteiger partial charge in [-0.05, 0) is 47.5 Å².